The first-order valence-electron chi connectivity index (χ1n) is 5.89. The normalized spacial score (nSPS) is 18.7. The summed E-state index contributed by atoms with van der Waals surface area (Å²) in [6.45, 7) is 1.82. The Morgan fingerprint density at radius 3 is 3.17 bits per heavy atom. The molecule has 0 radical (unpaired) electrons. The third-order valence-corrected chi connectivity index (χ3v) is 2.97. The maximum atomic E-state index is 8.82. The fourth-order valence-corrected chi connectivity index (χ4v) is 2.02. The number of ether oxygens (including phenoxy) is 1. The highest BCUT2D eigenvalue weighted by Gasteiger charge is 2.17. The predicted octanol–water partition coefficient (Wildman–Crippen LogP) is 1.24. The lowest BCUT2D eigenvalue weighted by molar-refractivity contribution is 0.205. The Hall–Kier alpha value is -2.19. The molecule has 1 unspecified atom stereocenters. The van der Waals surface area contributed by atoms with Crippen LogP contribution in [0.4, 0.5) is 0 Å². The molecule has 0 spiro atoms. The maximum absolute atomic E-state index is 8.82. The summed E-state index contributed by atoms with van der Waals surface area (Å²) in [5, 5.41) is 12.9. The summed E-state index contributed by atoms with van der Waals surface area (Å²) in [6, 6.07) is 7.84. The zero-order chi connectivity index (χ0) is 12.4. The molecule has 0 amide bonds. The van der Waals surface area contributed by atoms with Gasteiger partial charge in [-0.05, 0) is 31.2 Å². The summed E-state index contributed by atoms with van der Waals surface area (Å²) in [5.74, 6) is 0. The quantitative estimate of drug-likeness (QED) is 0.855. The van der Waals surface area contributed by atoms with Crippen LogP contribution in [0.1, 0.15) is 12.0 Å². The smallest absolute Gasteiger partial charge is 0.317 e. The molecule has 1 fully saturated rings. The fraction of sp³-hybridized carbons (Fsp3) is 0.308. The van der Waals surface area contributed by atoms with Gasteiger partial charge in [0.2, 0.25) is 0 Å². The SMILES string of the molecule is N#Cc1ccc2nc(OC3CCNC3)ncc2c1. The largest absolute Gasteiger partial charge is 0.459 e. The summed E-state index contributed by atoms with van der Waals surface area (Å²) in [7, 11) is 0. The summed E-state index contributed by atoms with van der Waals surface area (Å²) >= 11 is 0. The molecule has 1 saturated heterocycles. The van der Waals surface area contributed by atoms with Gasteiger partial charge in [0, 0.05) is 18.1 Å². The highest BCUT2D eigenvalue weighted by atomic mass is 16.5. The van der Waals surface area contributed by atoms with Crippen LogP contribution in [0, 0.1) is 11.3 Å². The van der Waals surface area contributed by atoms with E-state index in [-0.39, 0.29) is 6.10 Å². The van der Waals surface area contributed by atoms with Crippen molar-refractivity contribution >= 4 is 10.9 Å². The first-order chi connectivity index (χ1) is 8.85. The summed E-state index contributed by atoms with van der Waals surface area (Å²) in [6.07, 6.45) is 2.83. The second-order valence-corrected chi connectivity index (χ2v) is 4.27. The topological polar surface area (TPSA) is 70.8 Å². The van der Waals surface area contributed by atoms with Gasteiger partial charge in [-0.15, -0.1) is 0 Å². The van der Waals surface area contributed by atoms with E-state index in [1.54, 1.807) is 18.3 Å². The molecule has 2 heterocycles. The molecule has 5 nitrogen and oxygen atoms in total. The molecule has 5 heteroatoms. The number of aromatic nitrogens is 2. The molecule has 0 bridgehead atoms. The zero-order valence-corrected chi connectivity index (χ0v) is 9.76. The van der Waals surface area contributed by atoms with Crippen molar-refractivity contribution in [1.82, 2.24) is 15.3 Å². The maximum Gasteiger partial charge on any atom is 0.317 e. The van der Waals surface area contributed by atoms with E-state index >= 15 is 0 Å². The molecule has 2 aromatic rings. The van der Waals surface area contributed by atoms with Crippen LogP contribution in [0.15, 0.2) is 24.4 Å². The minimum Gasteiger partial charge on any atom is -0.459 e. The highest BCUT2D eigenvalue weighted by molar-refractivity contribution is 5.79. The van der Waals surface area contributed by atoms with Gasteiger partial charge in [0.15, 0.2) is 0 Å². The standard InChI is InChI=1S/C13H12N4O/c14-6-9-1-2-12-10(5-9)7-16-13(17-12)18-11-3-4-15-8-11/h1-2,5,7,11,15H,3-4,8H2. The Labute approximate surface area is 104 Å². The molecule has 18 heavy (non-hydrogen) atoms. The lowest BCUT2D eigenvalue weighted by Crippen LogP contribution is -2.20. The van der Waals surface area contributed by atoms with Crippen molar-refractivity contribution < 1.29 is 4.74 Å². The first-order valence-corrected chi connectivity index (χ1v) is 5.89. The van der Waals surface area contributed by atoms with E-state index in [1.165, 1.54) is 0 Å². The molecule has 3 rings (SSSR count). The van der Waals surface area contributed by atoms with Crippen LogP contribution < -0.4 is 10.1 Å². The summed E-state index contributed by atoms with van der Waals surface area (Å²) < 4.78 is 5.69. The molecule has 1 N–H and O–H groups in total. The molecular formula is C13H12N4O. The van der Waals surface area contributed by atoms with Gasteiger partial charge in [0.25, 0.3) is 0 Å². The Morgan fingerprint density at radius 2 is 2.39 bits per heavy atom. The molecule has 1 aliphatic rings. The molecule has 1 aromatic carbocycles. The molecule has 0 saturated carbocycles. The fourth-order valence-electron chi connectivity index (χ4n) is 2.02. The van der Waals surface area contributed by atoms with Crippen molar-refractivity contribution in [3.63, 3.8) is 0 Å². The van der Waals surface area contributed by atoms with Gasteiger partial charge in [0.05, 0.1) is 17.1 Å². The minimum absolute atomic E-state index is 0.154. The number of hydrogen-bond acceptors (Lipinski definition) is 5. The van der Waals surface area contributed by atoms with Gasteiger partial charge < -0.3 is 10.1 Å². The summed E-state index contributed by atoms with van der Waals surface area (Å²) in [4.78, 5) is 8.52. The number of nitrogens with one attached hydrogen (secondary N) is 1. The average Bonchev–Trinajstić information content (AvgIpc) is 2.91. The second-order valence-electron chi connectivity index (χ2n) is 4.27. The van der Waals surface area contributed by atoms with Crippen LogP contribution in [-0.2, 0) is 0 Å². The van der Waals surface area contributed by atoms with E-state index in [4.69, 9.17) is 10.00 Å². The van der Waals surface area contributed by atoms with Crippen LogP contribution in [-0.4, -0.2) is 29.2 Å². The molecule has 1 atom stereocenters. The van der Waals surface area contributed by atoms with Crippen molar-refractivity contribution in [2.24, 2.45) is 0 Å². The van der Waals surface area contributed by atoms with Gasteiger partial charge in [-0.3, -0.25) is 0 Å². The Balaban J connectivity index is 1.89. The first kappa shape index (κ1) is 10.9. The summed E-state index contributed by atoms with van der Waals surface area (Å²) in [5.41, 5.74) is 1.41. The molecule has 1 aliphatic heterocycles. The minimum atomic E-state index is 0.154. The third-order valence-electron chi connectivity index (χ3n) is 2.97. The second kappa shape index (κ2) is 4.59. The van der Waals surface area contributed by atoms with Gasteiger partial charge in [-0.25, -0.2) is 4.98 Å². The molecule has 1 aromatic heterocycles. The average molecular weight is 240 g/mol. The number of hydrogen-bond donors (Lipinski definition) is 1. The Kier molecular flexibility index (Phi) is 2.79. The van der Waals surface area contributed by atoms with E-state index in [0.29, 0.717) is 11.6 Å². The van der Waals surface area contributed by atoms with Crippen LogP contribution >= 0.6 is 0 Å². The molecular weight excluding hydrogens is 228 g/mol. The van der Waals surface area contributed by atoms with Gasteiger partial charge in [-0.1, -0.05) is 0 Å². The van der Waals surface area contributed by atoms with Crippen molar-refractivity contribution in [1.29, 1.82) is 5.26 Å². The monoisotopic (exact) mass is 240 g/mol. The van der Waals surface area contributed by atoms with E-state index in [9.17, 15) is 0 Å². The Morgan fingerprint density at radius 1 is 1.44 bits per heavy atom. The van der Waals surface area contributed by atoms with Gasteiger partial charge in [-0.2, -0.15) is 10.2 Å². The number of nitriles is 1. The van der Waals surface area contributed by atoms with E-state index in [2.05, 4.69) is 21.4 Å². The lowest BCUT2D eigenvalue weighted by Gasteiger charge is -2.10. The number of fused-ring (bicyclic) bond motifs is 1. The van der Waals surface area contributed by atoms with E-state index in [1.807, 2.05) is 6.07 Å². The van der Waals surface area contributed by atoms with Crippen LogP contribution in [0.25, 0.3) is 10.9 Å². The van der Waals surface area contributed by atoms with Crippen LogP contribution in [0.5, 0.6) is 6.01 Å². The van der Waals surface area contributed by atoms with E-state index < -0.39 is 0 Å². The van der Waals surface area contributed by atoms with Crippen LogP contribution in [0.2, 0.25) is 0 Å². The number of rotatable bonds is 2. The lowest BCUT2D eigenvalue weighted by atomic mass is 10.2. The van der Waals surface area contributed by atoms with Crippen molar-refractivity contribution in [2.75, 3.05) is 13.1 Å². The Bertz CT molecular complexity index is 614. The van der Waals surface area contributed by atoms with Gasteiger partial charge >= 0.3 is 6.01 Å². The van der Waals surface area contributed by atoms with Gasteiger partial charge in [0.1, 0.15) is 6.10 Å². The van der Waals surface area contributed by atoms with Crippen LogP contribution in [0.3, 0.4) is 0 Å². The van der Waals surface area contributed by atoms with Crippen molar-refractivity contribution in [2.45, 2.75) is 12.5 Å². The number of nitrogens with zero attached hydrogens (tertiary/aromatic N) is 3. The molecule has 90 valence electrons. The van der Waals surface area contributed by atoms with Crippen molar-refractivity contribution in [3.8, 4) is 12.1 Å². The zero-order valence-electron chi connectivity index (χ0n) is 9.76. The van der Waals surface area contributed by atoms with Crippen molar-refractivity contribution in [3.05, 3.63) is 30.0 Å². The van der Waals surface area contributed by atoms with E-state index in [0.717, 1.165) is 30.4 Å². The highest BCUT2D eigenvalue weighted by Crippen LogP contribution is 2.17. The molecule has 0 aliphatic carbocycles. The number of benzene rings is 1. The predicted molar refractivity (Wildman–Crippen MR) is 66.2 cm³/mol. The third kappa shape index (κ3) is 2.11.